The molecular weight excluding hydrogens is 428 g/mol. The third kappa shape index (κ3) is 4.26. The van der Waals surface area contributed by atoms with Gasteiger partial charge >= 0.3 is 0 Å². The van der Waals surface area contributed by atoms with Crippen LogP contribution in [0, 0.1) is 0 Å². The SMILES string of the molecule is O=C(Cn1cc(/C=C2\SC(=S)N(Cc3cccnc3)C2=O)c2ccccc21)NC1CC1. The average Bonchev–Trinajstić information content (AvgIpc) is 3.47. The molecule has 2 amide bonds. The second kappa shape index (κ2) is 8.28. The molecule has 1 aliphatic heterocycles. The molecule has 1 N–H and O–H groups in total. The molecule has 0 atom stereocenters. The van der Waals surface area contributed by atoms with Crippen molar-refractivity contribution >= 4 is 57.1 Å². The molecule has 0 spiro atoms. The van der Waals surface area contributed by atoms with Gasteiger partial charge in [-0.1, -0.05) is 48.2 Å². The van der Waals surface area contributed by atoms with Crippen LogP contribution >= 0.6 is 24.0 Å². The minimum atomic E-state index is -0.109. The number of rotatable bonds is 6. The lowest BCUT2D eigenvalue weighted by atomic mass is 10.1. The Balaban J connectivity index is 1.42. The van der Waals surface area contributed by atoms with Gasteiger partial charge in [-0.15, -0.1) is 0 Å². The highest BCUT2D eigenvalue weighted by atomic mass is 32.2. The summed E-state index contributed by atoms with van der Waals surface area (Å²) in [6, 6.07) is 12.0. The number of thioether (sulfide) groups is 1. The number of benzene rings is 1. The molecule has 31 heavy (non-hydrogen) atoms. The summed E-state index contributed by atoms with van der Waals surface area (Å²) in [6.45, 7) is 0.658. The number of hydrogen-bond acceptors (Lipinski definition) is 5. The van der Waals surface area contributed by atoms with Crippen molar-refractivity contribution in [3.63, 3.8) is 0 Å². The molecule has 0 unspecified atom stereocenters. The van der Waals surface area contributed by atoms with Crippen molar-refractivity contribution in [1.82, 2.24) is 19.8 Å². The van der Waals surface area contributed by atoms with E-state index < -0.39 is 0 Å². The number of carbonyl (C=O) groups excluding carboxylic acids is 2. The molecule has 1 saturated carbocycles. The molecule has 8 heteroatoms. The van der Waals surface area contributed by atoms with Crippen LogP contribution < -0.4 is 5.32 Å². The monoisotopic (exact) mass is 448 g/mol. The number of nitrogens with zero attached hydrogens (tertiary/aromatic N) is 3. The van der Waals surface area contributed by atoms with Crippen LogP contribution in [0.5, 0.6) is 0 Å². The Labute approximate surface area is 189 Å². The highest BCUT2D eigenvalue weighted by molar-refractivity contribution is 8.26. The van der Waals surface area contributed by atoms with E-state index in [1.165, 1.54) is 11.8 Å². The van der Waals surface area contributed by atoms with Gasteiger partial charge in [0, 0.05) is 41.1 Å². The van der Waals surface area contributed by atoms with Crippen LogP contribution in [-0.2, 0) is 22.7 Å². The Morgan fingerprint density at radius 3 is 2.87 bits per heavy atom. The van der Waals surface area contributed by atoms with E-state index in [1.807, 2.05) is 53.2 Å². The normalized spacial score (nSPS) is 17.7. The number of carbonyl (C=O) groups is 2. The molecule has 2 aliphatic rings. The Morgan fingerprint density at radius 1 is 1.26 bits per heavy atom. The molecule has 6 nitrogen and oxygen atoms in total. The lowest BCUT2D eigenvalue weighted by Crippen LogP contribution is -2.29. The van der Waals surface area contributed by atoms with Crippen molar-refractivity contribution in [2.75, 3.05) is 0 Å². The van der Waals surface area contributed by atoms with Crippen LogP contribution in [0.1, 0.15) is 24.0 Å². The number of hydrogen-bond donors (Lipinski definition) is 1. The average molecular weight is 449 g/mol. The first-order valence-electron chi connectivity index (χ1n) is 10.1. The van der Waals surface area contributed by atoms with E-state index in [2.05, 4.69) is 10.3 Å². The third-order valence-electron chi connectivity index (χ3n) is 5.30. The predicted octanol–water partition coefficient (Wildman–Crippen LogP) is 3.72. The maximum Gasteiger partial charge on any atom is 0.266 e. The van der Waals surface area contributed by atoms with Crippen LogP contribution in [0.2, 0.25) is 0 Å². The topological polar surface area (TPSA) is 67.2 Å². The van der Waals surface area contributed by atoms with Crippen LogP contribution in [0.3, 0.4) is 0 Å². The maximum atomic E-state index is 13.0. The number of amides is 2. The van der Waals surface area contributed by atoms with E-state index >= 15 is 0 Å². The van der Waals surface area contributed by atoms with Gasteiger partial charge in [0.25, 0.3) is 5.91 Å². The maximum absolute atomic E-state index is 13.0. The van der Waals surface area contributed by atoms with Crippen LogP contribution in [0.4, 0.5) is 0 Å². The fraction of sp³-hybridized carbons (Fsp3) is 0.217. The van der Waals surface area contributed by atoms with Crippen LogP contribution in [0.25, 0.3) is 17.0 Å². The first kappa shape index (κ1) is 20.0. The Kier molecular flexibility index (Phi) is 5.33. The second-order valence-corrected chi connectivity index (χ2v) is 9.38. The van der Waals surface area contributed by atoms with Gasteiger partial charge in [-0.05, 0) is 36.6 Å². The molecule has 3 heterocycles. The summed E-state index contributed by atoms with van der Waals surface area (Å²) >= 11 is 6.77. The van der Waals surface area contributed by atoms with E-state index in [0.29, 0.717) is 21.8 Å². The van der Waals surface area contributed by atoms with Gasteiger partial charge in [0.05, 0.1) is 11.4 Å². The summed E-state index contributed by atoms with van der Waals surface area (Å²) in [5.74, 6) is -0.0974. The first-order valence-corrected chi connectivity index (χ1v) is 11.3. The van der Waals surface area contributed by atoms with Gasteiger partial charge < -0.3 is 9.88 Å². The Morgan fingerprint density at radius 2 is 2.10 bits per heavy atom. The summed E-state index contributed by atoms with van der Waals surface area (Å²) in [5.41, 5.74) is 2.79. The summed E-state index contributed by atoms with van der Waals surface area (Å²) in [6.07, 6.45) is 9.37. The minimum absolute atomic E-state index is 0.0117. The van der Waals surface area contributed by atoms with E-state index in [1.54, 1.807) is 17.3 Å². The van der Waals surface area contributed by atoms with Gasteiger partial charge in [0.2, 0.25) is 5.91 Å². The molecular formula is C23H20N4O2S2. The molecule has 5 rings (SSSR count). The van der Waals surface area contributed by atoms with Gasteiger partial charge in [0.1, 0.15) is 10.9 Å². The molecule has 1 aliphatic carbocycles. The zero-order chi connectivity index (χ0) is 21.4. The molecule has 3 aromatic rings. The van der Waals surface area contributed by atoms with Crippen molar-refractivity contribution in [1.29, 1.82) is 0 Å². The Bertz CT molecular complexity index is 1210. The van der Waals surface area contributed by atoms with Crippen molar-refractivity contribution in [3.05, 3.63) is 71.0 Å². The zero-order valence-corrected chi connectivity index (χ0v) is 18.3. The van der Waals surface area contributed by atoms with E-state index in [-0.39, 0.29) is 18.4 Å². The van der Waals surface area contributed by atoms with Crippen molar-refractivity contribution < 1.29 is 9.59 Å². The fourth-order valence-corrected chi connectivity index (χ4v) is 4.87. The fourth-order valence-electron chi connectivity index (χ4n) is 3.63. The van der Waals surface area contributed by atoms with Crippen molar-refractivity contribution in [2.45, 2.75) is 32.0 Å². The van der Waals surface area contributed by atoms with E-state index in [9.17, 15) is 9.59 Å². The van der Waals surface area contributed by atoms with E-state index in [0.717, 1.165) is 34.9 Å². The van der Waals surface area contributed by atoms with Gasteiger partial charge in [-0.25, -0.2) is 0 Å². The number of pyridine rings is 1. The highest BCUT2D eigenvalue weighted by Crippen LogP contribution is 2.35. The van der Waals surface area contributed by atoms with Crippen molar-refractivity contribution in [3.8, 4) is 0 Å². The second-order valence-electron chi connectivity index (χ2n) is 7.70. The number of aromatic nitrogens is 2. The summed E-state index contributed by atoms with van der Waals surface area (Å²) < 4.78 is 2.47. The van der Waals surface area contributed by atoms with E-state index in [4.69, 9.17) is 12.2 Å². The van der Waals surface area contributed by atoms with Gasteiger partial charge in [-0.3, -0.25) is 19.5 Å². The molecule has 156 valence electrons. The smallest absolute Gasteiger partial charge is 0.266 e. The Hall–Kier alpha value is -2.97. The number of para-hydroxylation sites is 1. The lowest BCUT2D eigenvalue weighted by Gasteiger charge is -2.13. The molecule has 2 fully saturated rings. The van der Waals surface area contributed by atoms with Gasteiger partial charge in [0.15, 0.2) is 0 Å². The van der Waals surface area contributed by atoms with Crippen molar-refractivity contribution in [2.24, 2.45) is 0 Å². The standard InChI is InChI=1S/C23H20N4O2S2/c28-21(25-17-7-8-17)14-26-13-16(18-5-1-2-6-19(18)26)10-20-22(29)27(23(30)31-20)12-15-4-3-9-24-11-15/h1-6,9-11,13,17H,7-8,12,14H2,(H,25,28)/b20-10-. The summed E-state index contributed by atoms with van der Waals surface area (Å²) in [4.78, 5) is 31.7. The predicted molar refractivity (Wildman–Crippen MR) is 126 cm³/mol. The highest BCUT2D eigenvalue weighted by Gasteiger charge is 2.32. The lowest BCUT2D eigenvalue weighted by molar-refractivity contribution is -0.123. The quantitative estimate of drug-likeness (QED) is 0.460. The minimum Gasteiger partial charge on any atom is -0.352 e. The molecule has 1 aromatic carbocycles. The molecule has 0 bridgehead atoms. The first-order chi connectivity index (χ1) is 15.1. The number of nitrogens with one attached hydrogen (secondary N) is 1. The summed E-state index contributed by atoms with van der Waals surface area (Å²) in [5, 5.41) is 4.03. The summed E-state index contributed by atoms with van der Waals surface area (Å²) in [7, 11) is 0. The van der Waals surface area contributed by atoms with Crippen LogP contribution in [-0.4, -0.2) is 36.6 Å². The molecule has 2 aromatic heterocycles. The molecule has 1 saturated heterocycles. The third-order valence-corrected chi connectivity index (χ3v) is 6.68. The van der Waals surface area contributed by atoms with Gasteiger partial charge in [-0.2, -0.15) is 0 Å². The number of thiocarbonyl (C=S) groups is 1. The van der Waals surface area contributed by atoms with Crippen LogP contribution in [0.15, 0.2) is 59.9 Å². The molecule has 0 radical (unpaired) electrons. The zero-order valence-electron chi connectivity index (χ0n) is 16.7. The largest absolute Gasteiger partial charge is 0.352 e. The number of fused-ring (bicyclic) bond motifs is 1.